The van der Waals surface area contributed by atoms with Crippen LogP contribution in [-0.4, -0.2) is 24.5 Å². The Hall–Kier alpha value is -0.830. The summed E-state index contributed by atoms with van der Waals surface area (Å²) >= 11 is 0.0186. The van der Waals surface area contributed by atoms with Crippen LogP contribution in [0.2, 0.25) is 0 Å². The first kappa shape index (κ1) is 14.2. The third-order valence-corrected chi connectivity index (χ3v) is 3.64. The molecule has 0 bridgehead atoms. The van der Waals surface area contributed by atoms with Crippen molar-refractivity contribution < 1.29 is 31.5 Å². The Bertz CT molecular complexity index is 412. The molecular formula is C8H5F5O2S2. The number of carbonyl (C=O) groups is 1. The molecule has 9 heteroatoms. The number of carbonyl (C=O) groups excluding carboxylic acids is 1. The van der Waals surface area contributed by atoms with Crippen LogP contribution in [0.1, 0.15) is 9.67 Å². The highest BCUT2D eigenvalue weighted by atomic mass is 32.2. The first-order valence-electron chi connectivity index (χ1n) is 3.98. The molecule has 1 aromatic heterocycles. The first-order valence-corrected chi connectivity index (χ1v) is 5.68. The van der Waals surface area contributed by atoms with E-state index in [1.165, 1.54) is 5.38 Å². The summed E-state index contributed by atoms with van der Waals surface area (Å²) < 4.78 is 65.6. The Kier molecular flexibility index (Phi) is 4.03. The second-order valence-electron chi connectivity index (χ2n) is 2.72. The number of methoxy groups -OCH3 is 1. The molecule has 0 aliphatic carbocycles. The van der Waals surface area contributed by atoms with Gasteiger partial charge >= 0.3 is 17.4 Å². The van der Waals surface area contributed by atoms with E-state index in [4.69, 9.17) is 0 Å². The largest absolute Gasteiger partial charge is 0.465 e. The Labute approximate surface area is 101 Å². The second-order valence-corrected chi connectivity index (χ2v) is 4.79. The molecule has 2 nitrogen and oxygen atoms in total. The number of esters is 1. The Balaban J connectivity index is 2.97. The van der Waals surface area contributed by atoms with Gasteiger partial charge in [0.25, 0.3) is 0 Å². The zero-order chi connectivity index (χ0) is 13.3. The van der Waals surface area contributed by atoms with Gasteiger partial charge in [-0.1, -0.05) is 0 Å². The van der Waals surface area contributed by atoms with Crippen LogP contribution in [0.4, 0.5) is 22.0 Å². The molecule has 0 atom stereocenters. The summed E-state index contributed by atoms with van der Waals surface area (Å²) in [6.45, 7) is 0. The van der Waals surface area contributed by atoms with E-state index in [1.54, 1.807) is 0 Å². The van der Waals surface area contributed by atoms with E-state index in [0.717, 1.165) is 24.5 Å². The molecule has 0 saturated carbocycles. The highest BCUT2D eigenvalue weighted by molar-refractivity contribution is 8.00. The van der Waals surface area contributed by atoms with Crippen molar-refractivity contribution in [3.63, 3.8) is 0 Å². The van der Waals surface area contributed by atoms with Crippen LogP contribution in [0, 0.1) is 0 Å². The van der Waals surface area contributed by atoms with Crippen LogP contribution in [0.15, 0.2) is 16.3 Å². The maximum atomic E-state index is 12.7. The van der Waals surface area contributed by atoms with Gasteiger partial charge in [0.05, 0.1) is 7.11 Å². The molecular weight excluding hydrogens is 287 g/mol. The Morgan fingerprint density at radius 1 is 1.35 bits per heavy atom. The van der Waals surface area contributed by atoms with Crippen molar-refractivity contribution in [1.82, 2.24) is 0 Å². The molecule has 17 heavy (non-hydrogen) atoms. The molecule has 0 spiro atoms. The lowest BCUT2D eigenvalue weighted by molar-refractivity contribution is -0.237. The zero-order valence-corrected chi connectivity index (χ0v) is 9.81. The average Bonchev–Trinajstić information content (AvgIpc) is 2.62. The molecule has 0 aliphatic heterocycles. The maximum absolute atomic E-state index is 12.7. The van der Waals surface area contributed by atoms with Gasteiger partial charge in [0.1, 0.15) is 4.88 Å². The van der Waals surface area contributed by atoms with Gasteiger partial charge in [-0.25, -0.2) is 4.79 Å². The van der Waals surface area contributed by atoms with Gasteiger partial charge in [0.2, 0.25) is 0 Å². The number of hydrogen-bond donors (Lipinski definition) is 0. The van der Waals surface area contributed by atoms with Crippen LogP contribution >= 0.6 is 23.1 Å². The standard InChI is InChI=1S/C8H5F5O2S2/c1-15-6(14)5-4(2-3-16-5)17-8(12,13)7(9,10)11/h2-3H,1H3. The van der Waals surface area contributed by atoms with Crippen molar-refractivity contribution >= 4 is 29.1 Å². The molecule has 96 valence electrons. The Morgan fingerprint density at radius 2 is 1.94 bits per heavy atom. The molecule has 0 unspecified atom stereocenters. The maximum Gasteiger partial charge on any atom is 0.464 e. The van der Waals surface area contributed by atoms with Crippen molar-refractivity contribution in [3.05, 3.63) is 16.3 Å². The summed E-state index contributed by atoms with van der Waals surface area (Å²) in [6.07, 6.45) is -5.67. The summed E-state index contributed by atoms with van der Waals surface area (Å²) in [7, 11) is 1.01. The minimum Gasteiger partial charge on any atom is -0.465 e. The summed E-state index contributed by atoms with van der Waals surface area (Å²) in [5, 5.41) is -3.71. The topological polar surface area (TPSA) is 26.3 Å². The summed E-state index contributed by atoms with van der Waals surface area (Å²) in [6, 6.07) is 1.02. The van der Waals surface area contributed by atoms with Crippen molar-refractivity contribution in [2.24, 2.45) is 0 Å². The predicted octanol–water partition coefficient (Wildman–Crippen LogP) is 3.78. The summed E-state index contributed by atoms with van der Waals surface area (Å²) in [5.74, 6) is -0.944. The molecule has 1 heterocycles. The van der Waals surface area contributed by atoms with E-state index in [1.807, 2.05) is 0 Å². The van der Waals surface area contributed by atoms with Crippen LogP contribution in [0.25, 0.3) is 0 Å². The minimum absolute atomic E-state index is 0.276. The second kappa shape index (κ2) is 4.81. The fourth-order valence-corrected chi connectivity index (χ4v) is 2.58. The Morgan fingerprint density at radius 3 is 2.41 bits per heavy atom. The number of ether oxygens (including phenoxy) is 1. The highest BCUT2D eigenvalue weighted by Gasteiger charge is 2.58. The molecule has 0 aliphatic rings. The third kappa shape index (κ3) is 3.09. The normalized spacial score (nSPS) is 12.6. The molecule has 0 saturated heterocycles. The number of alkyl halides is 5. The van der Waals surface area contributed by atoms with Crippen LogP contribution < -0.4 is 0 Å². The van der Waals surface area contributed by atoms with Crippen LogP contribution in [-0.2, 0) is 4.74 Å². The lowest BCUT2D eigenvalue weighted by Crippen LogP contribution is -2.32. The van der Waals surface area contributed by atoms with Gasteiger partial charge in [-0.15, -0.1) is 11.3 Å². The summed E-state index contributed by atoms with van der Waals surface area (Å²) in [5.41, 5.74) is 0. The fourth-order valence-electron chi connectivity index (χ4n) is 0.815. The lowest BCUT2D eigenvalue weighted by Gasteiger charge is -2.18. The number of rotatable bonds is 3. The number of hydrogen-bond acceptors (Lipinski definition) is 4. The molecule has 0 radical (unpaired) electrons. The van der Waals surface area contributed by atoms with Gasteiger partial charge in [0.15, 0.2) is 0 Å². The van der Waals surface area contributed by atoms with E-state index in [9.17, 15) is 26.7 Å². The van der Waals surface area contributed by atoms with Gasteiger partial charge < -0.3 is 4.74 Å². The van der Waals surface area contributed by atoms with Crippen molar-refractivity contribution in [2.75, 3.05) is 7.11 Å². The van der Waals surface area contributed by atoms with Gasteiger partial charge in [-0.05, 0) is 23.2 Å². The van der Waals surface area contributed by atoms with E-state index in [-0.39, 0.29) is 4.88 Å². The van der Waals surface area contributed by atoms with Crippen molar-refractivity contribution in [1.29, 1.82) is 0 Å². The van der Waals surface area contributed by atoms with Gasteiger partial charge in [-0.3, -0.25) is 0 Å². The third-order valence-electron chi connectivity index (χ3n) is 1.57. The molecule has 1 rings (SSSR count). The fraction of sp³-hybridized carbons (Fsp3) is 0.375. The lowest BCUT2D eigenvalue weighted by atomic mass is 10.5. The molecule has 0 aromatic carbocycles. The van der Waals surface area contributed by atoms with Crippen LogP contribution in [0.3, 0.4) is 0 Å². The molecule has 0 fully saturated rings. The van der Waals surface area contributed by atoms with Gasteiger partial charge in [-0.2, -0.15) is 22.0 Å². The average molecular weight is 292 g/mol. The van der Waals surface area contributed by atoms with Crippen molar-refractivity contribution in [2.45, 2.75) is 16.3 Å². The monoisotopic (exact) mass is 292 g/mol. The predicted molar refractivity (Wildman–Crippen MR) is 52.5 cm³/mol. The van der Waals surface area contributed by atoms with E-state index in [0.29, 0.717) is 0 Å². The molecule has 1 aromatic rings. The summed E-state index contributed by atoms with van der Waals surface area (Å²) in [4.78, 5) is 10.3. The van der Waals surface area contributed by atoms with E-state index >= 15 is 0 Å². The van der Waals surface area contributed by atoms with E-state index in [2.05, 4.69) is 4.74 Å². The van der Waals surface area contributed by atoms with Crippen LogP contribution in [0.5, 0.6) is 0 Å². The number of halogens is 5. The zero-order valence-electron chi connectivity index (χ0n) is 8.18. The van der Waals surface area contributed by atoms with Gasteiger partial charge in [0, 0.05) is 4.90 Å². The smallest absolute Gasteiger partial charge is 0.464 e. The van der Waals surface area contributed by atoms with E-state index < -0.39 is 34.1 Å². The quantitative estimate of drug-likeness (QED) is 0.482. The highest BCUT2D eigenvalue weighted by Crippen LogP contribution is 2.49. The minimum atomic E-state index is -5.67. The molecule has 0 amide bonds. The number of thiophene rings is 1. The SMILES string of the molecule is COC(=O)c1sccc1SC(F)(F)C(F)(F)F. The molecule has 0 N–H and O–H groups in total. The number of thioether (sulfide) groups is 1. The first-order chi connectivity index (χ1) is 7.69. The van der Waals surface area contributed by atoms with Crippen molar-refractivity contribution in [3.8, 4) is 0 Å².